The van der Waals surface area contributed by atoms with Crippen molar-refractivity contribution in [2.24, 2.45) is 5.90 Å². The van der Waals surface area contributed by atoms with Crippen LogP contribution in [0.15, 0.2) is 24.3 Å². The van der Waals surface area contributed by atoms with Crippen LogP contribution in [0.1, 0.15) is 12.0 Å². The highest BCUT2D eigenvalue weighted by Gasteiger charge is 2.20. The molecule has 1 aliphatic heterocycles. The predicted molar refractivity (Wildman–Crippen MR) is 60.4 cm³/mol. The van der Waals surface area contributed by atoms with E-state index in [2.05, 4.69) is 10.3 Å². The Morgan fingerprint density at radius 3 is 2.94 bits per heavy atom. The molecule has 5 nitrogen and oxygen atoms in total. The van der Waals surface area contributed by atoms with E-state index in [9.17, 15) is 4.79 Å². The first kappa shape index (κ1) is 10.9. The van der Waals surface area contributed by atoms with E-state index in [4.69, 9.17) is 5.90 Å². The van der Waals surface area contributed by atoms with Crippen LogP contribution in [0, 0.1) is 0 Å². The van der Waals surface area contributed by atoms with E-state index in [0.717, 1.165) is 17.7 Å². The summed E-state index contributed by atoms with van der Waals surface area (Å²) in [6.45, 7) is 1.18. The zero-order chi connectivity index (χ0) is 11.4. The highest BCUT2D eigenvalue weighted by Crippen LogP contribution is 2.21. The van der Waals surface area contributed by atoms with Crippen LogP contribution in [0.3, 0.4) is 0 Å². The van der Waals surface area contributed by atoms with E-state index in [1.54, 1.807) is 0 Å². The van der Waals surface area contributed by atoms with Crippen LogP contribution in [-0.4, -0.2) is 19.1 Å². The van der Waals surface area contributed by atoms with Crippen molar-refractivity contribution in [2.75, 3.05) is 18.2 Å². The molecule has 2 rings (SSSR count). The third kappa shape index (κ3) is 2.32. The molecule has 1 aromatic rings. The number of benzene rings is 1. The van der Waals surface area contributed by atoms with Gasteiger partial charge in [0.1, 0.15) is 0 Å². The van der Waals surface area contributed by atoms with Crippen LogP contribution >= 0.6 is 0 Å². The summed E-state index contributed by atoms with van der Waals surface area (Å²) in [5, 5.41) is 1.87. The number of anilines is 1. The number of nitrogens with two attached hydrogens (primary N) is 1. The number of hydrogen-bond acceptors (Lipinski definition) is 4. The molecule has 86 valence electrons. The van der Waals surface area contributed by atoms with Crippen molar-refractivity contribution in [2.45, 2.75) is 12.8 Å². The van der Waals surface area contributed by atoms with Crippen LogP contribution in [0.25, 0.3) is 0 Å². The normalized spacial score (nSPS) is 15.3. The molecule has 1 heterocycles. The molecule has 0 unspecified atom stereocenters. The summed E-state index contributed by atoms with van der Waals surface area (Å²) in [6.07, 6.45) is 1.28. The number of carbonyl (C=O) groups is 1. The van der Waals surface area contributed by atoms with Gasteiger partial charge in [0.15, 0.2) is 0 Å². The van der Waals surface area contributed by atoms with E-state index < -0.39 is 0 Å². The molecular weight excluding hydrogens is 206 g/mol. The lowest BCUT2D eigenvalue weighted by molar-refractivity contribution is -0.119. The van der Waals surface area contributed by atoms with Gasteiger partial charge >= 0.3 is 0 Å². The van der Waals surface area contributed by atoms with Gasteiger partial charge in [0.2, 0.25) is 5.91 Å². The molecule has 16 heavy (non-hydrogen) atoms. The topological polar surface area (TPSA) is 67.6 Å². The molecule has 1 amide bonds. The van der Waals surface area contributed by atoms with Gasteiger partial charge in [-0.15, -0.1) is 0 Å². The number of nitrogens with one attached hydrogen (secondary N) is 1. The molecule has 1 saturated heterocycles. The average molecular weight is 221 g/mol. The summed E-state index contributed by atoms with van der Waals surface area (Å²) in [7, 11) is 0. The highest BCUT2D eigenvalue weighted by molar-refractivity contribution is 5.81. The molecule has 0 spiro atoms. The summed E-state index contributed by atoms with van der Waals surface area (Å²) >= 11 is 0. The van der Waals surface area contributed by atoms with Gasteiger partial charge in [0.05, 0.1) is 12.3 Å². The molecule has 0 bridgehead atoms. The molecule has 5 heteroatoms. The standard InChI is InChI=1S/C11H15N3O2/c12-16-8-6-9-3-1-2-4-10(9)14-7-5-11(15)13-14/h1-4H,5-8,12H2,(H,13,15). The van der Waals surface area contributed by atoms with Crippen molar-refractivity contribution >= 4 is 11.6 Å². The van der Waals surface area contributed by atoms with Crippen LogP contribution < -0.4 is 16.3 Å². The van der Waals surface area contributed by atoms with E-state index in [-0.39, 0.29) is 5.91 Å². The third-order valence-electron chi connectivity index (χ3n) is 2.59. The molecule has 3 N–H and O–H groups in total. The number of hydrazine groups is 1. The maximum atomic E-state index is 11.2. The Labute approximate surface area is 94.1 Å². The van der Waals surface area contributed by atoms with Gasteiger partial charge in [-0.05, 0) is 18.1 Å². The summed E-state index contributed by atoms with van der Waals surface area (Å²) in [4.78, 5) is 15.7. The second kappa shape index (κ2) is 4.96. The zero-order valence-corrected chi connectivity index (χ0v) is 8.98. The molecule has 1 aliphatic rings. The Balaban J connectivity index is 2.15. The van der Waals surface area contributed by atoms with E-state index in [1.165, 1.54) is 0 Å². The number of para-hydroxylation sites is 1. The fraction of sp³-hybridized carbons (Fsp3) is 0.364. The molecule has 1 fully saturated rings. The van der Waals surface area contributed by atoms with Crippen LogP contribution in [0.2, 0.25) is 0 Å². The van der Waals surface area contributed by atoms with Crippen molar-refractivity contribution in [3.8, 4) is 0 Å². The van der Waals surface area contributed by atoms with Gasteiger partial charge in [0, 0.05) is 13.0 Å². The number of nitrogens with zero attached hydrogens (tertiary/aromatic N) is 1. The number of rotatable bonds is 4. The van der Waals surface area contributed by atoms with E-state index in [0.29, 0.717) is 19.6 Å². The monoisotopic (exact) mass is 221 g/mol. The van der Waals surface area contributed by atoms with Gasteiger partial charge < -0.3 is 4.84 Å². The zero-order valence-electron chi connectivity index (χ0n) is 8.98. The lowest BCUT2D eigenvalue weighted by Crippen LogP contribution is -2.33. The van der Waals surface area contributed by atoms with Crippen LogP contribution in [0.5, 0.6) is 0 Å². The summed E-state index contributed by atoms with van der Waals surface area (Å²) in [5.41, 5.74) is 4.95. The lowest BCUT2D eigenvalue weighted by Gasteiger charge is -2.20. The van der Waals surface area contributed by atoms with Gasteiger partial charge in [-0.3, -0.25) is 15.2 Å². The molecule has 0 atom stereocenters. The Hall–Kier alpha value is -1.59. The van der Waals surface area contributed by atoms with Crippen molar-refractivity contribution in [3.05, 3.63) is 29.8 Å². The SMILES string of the molecule is NOCCc1ccccc1N1CCC(=O)N1. The number of hydrogen-bond donors (Lipinski definition) is 2. The summed E-state index contributed by atoms with van der Waals surface area (Å²) in [5.74, 6) is 5.08. The molecule has 0 aliphatic carbocycles. The second-order valence-electron chi connectivity index (χ2n) is 3.69. The molecule has 0 saturated carbocycles. The summed E-state index contributed by atoms with van der Waals surface area (Å²) < 4.78 is 0. The Bertz CT molecular complexity index is 381. The third-order valence-corrected chi connectivity index (χ3v) is 2.59. The fourth-order valence-corrected chi connectivity index (χ4v) is 1.81. The minimum absolute atomic E-state index is 0.0601. The van der Waals surface area contributed by atoms with Gasteiger partial charge in [-0.25, -0.2) is 5.90 Å². The predicted octanol–water partition coefficient (Wildman–Crippen LogP) is 0.361. The van der Waals surface area contributed by atoms with Gasteiger partial charge in [-0.2, -0.15) is 0 Å². The van der Waals surface area contributed by atoms with Crippen molar-refractivity contribution in [1.29, 1.82) is 0 Å². The molecule has 1 aromatic carbocycles. The molecular formula is C11H15N3O2. The van der Waals surface area contributed by atoms with Crippen molar-refractivity contribution in [3.63, 3.8) is 0 Å². The molecule has 0 aromatic heterocycles. The maximum absolute atomic E-state index is 11.2. The Morgan fingerprint density at radius 2 is 2.25 bits per heavy atom. The Morgan fingerprint density at radius 1 is 1.44 bits per heavy atom. The number of carbonyl (C=O) groups excluding carboxylic acids is 1. The quantitative estimate of drug-likeness (QED) is 0.720. The first-order chi connectivity index (χ1) is 7.81. The first-order valence-corrected chi connectivity index (χ1v) is 5.28. The first-order valence-electron chi connectivity index (χ1n) is 5.28. The number of amides is 1. The fourth-order valence-electron chi connectivity index (χ4n) is 1.81. The Kier molecular flexibility index (Phi) is 3.38. The van der Waals surface area contributed by atoms with Crippen molar-refractivity contribution in [1.82, 2.24) is 5.43 Å². The van der Waals surface area contributed by atoms with E-state index in [1.807, 2.05) is 29.3 Å². The summed E-state index contributed by atoms with van der Waals surface area (Å²) in [6, 6.07) is 7.91. The maximum Gasteiger partial charge on any atom is 0.240 e. The largest absolute Gasteiger partial charge is 0.304 e. The van der Waals surface area contributed by atoms with Crippen LogP contribution in [-0.2, 0) is 16.1 Å². The minimum atomic E-state index is 0.0601. The smallest absolute Gasteiger partial charge is 0.240 e. The van der Waals surface area contributed by atoms with Gasteiger partial charge in [0.25, 0.3) is 0 Å². The van der Waals surface area contributed by atoms with Crippen LogP contribution in [0.4, 0.5) is 5.69 Å². The van der Waals surface area contributed by atoms with Crippen molar-refractivity contribution < 1.29 is 9.63 Å². The average Bonchev–Trinajstić information content (AvgIpc) is 2.73. The molecule has 0 radical (unpaired) electrons. The minimum Gasteiger partial charge on any atom is -0.304 e. The lowest BCUT2D eigenvalue weighted by atomic mass is 10.1. The second-order valence-corrected chi connectivity index (χ2v) is 3.69. The van der Waals surface area contributed by atoms with Gasteiger partial charge in [-0.1, -0.05) is 18.2 Å². The highest BCUT2D eigenvalue weighted by atomic mass is 16.6. The van der Waals surface area contributed by atoms with E-state index >= 15 is 0 Å².